The monoisotopic (exact) mass is 458 g/mol. The van der Waals surface area contributed by atoms with Crippen molar-refractivity contribution in [2.75, 3.05) is 31.7 Å². The number of anilines is 1. The number of ether oxygens (including phenoxy) is 2. The van der Waals surface area contributed by atoms with Crippen LogP contribution in [0, 0.1) is 19.7 Å². The molecule has 2 fully saturated rings. The molecule has 1 N–H and O–H groups in total. The van der Waals surface area contributed by atoms with Gasteiger partial charge in [-0.15, -0.1) is 0 Å². The van der Waals surface area contributed by atoms with Crippen LogP contribution in [0.1, 0.15) is 41.7 Å². The van der Waals surface area contributed by atoms with Crippen molar-refractivity contribution >= 4 is 16.7 Å². The number of hydrogen-bond donors (Lipinski definition) is 1. The summed E-state index contributed by atoms with van der Waals surface area (Å²) in [5, 5.41) is 8.08. The topological polar surface area (TPSA) is 85.5 Å². The second-order valence-corrected chi connectivity index (χ2v) is 8.98. The first kappa shape index (κ1) is 18.6. The third-order valence-corrected chi connectivity index (χ3v) is 6.67. The lowest BCUT2D eigenvalue weighted by Gasteiger charge is -2.40. The molecule has 0 amide bonds. The molecule has 8 nitrogen and oxygen atoms in total. The van der Waals surface area contributed by atoms with Crippen LogP contribution in [0.15, 0.2) is 16.7 Å². The van der Waals surface area contributed by atoms with Gasteiger partial charge in [0.2, 0.25) is 0 Å². The number of rotatable bonds is 5. The largest absolute Gasteiger partial charge is 0.497 e. The Morgan fingerprint density at radius 1 is 1.24 bits per heavy atom. The Hall–Kier alpha value is -2.78. The van der Waals surface area contributed by atoms with Crippen LogP contribution < -0.4 is 15.0 Å². The predicted molar refractivity (Wildman–Crippen MR) is 123 cm³/mol. The molecule has 4 heterocycles. The highest BCUT2D eigenvalue weighted by molar-refractivity contribution is 5.93. The van der Waals surface area contributed by atoms with E-state index < -0.39 is 12.9 Å². The molecule has 2 aromatic heterocycles. The lowest BCUT2D eigenvalue weighted by atomic mass is 9.95. The van der Waals surface area contributed by atoms with Gasteiger partial charge in [0, 0.05) is 42.7 Å². The molecule has 2 aliphatic heterocycles. The Morgan fingerprint density at radius 3 is 2.82 bits per heavy atom. The number of piperidine rings is 1. The molecule has 2 aliphatic rings. The molecule has 2 saturated heterocycles. The maximum atomic E-state index is 15.3. The highest BCUT2D eigenvalue weighted by Gasteiger charge is 2.32. The molecule has 0 spiro atoms. The first-order valence-electron chi connectivity index (χ1n) is 12.8. The SMILES string of the molecule is [2H]C([2H])([2H])Oc1cc(F)c2nc(N3CC[C@@H](N[C@H]4CCOC4)C[C@H]3C)c(-c3nc(C)no3)c(C)c2c1. The summed E-state index contributed by atoms with van der Waals surface area (Å²) in [6.07, 6.45) is 2.81. The minimum Gasteiger partial charge on any atom is -0.497 e. The van der Waals surface area contributed by atoms with E-state index in [-0.39, 0.29) is 23.2 Å². The molecule has 1 aromatic carbocycles. The number of fused-ring (bicyclic) bond motifs is 1. The van der Waals surface area contributed by atoms with Crippen molar-refractivity contribution in [2.24, 2.45) is 0 Å². The summed E-state index contributed by atoms with van der Waals surface area (Å²) in [4.78, 5) is 11.3. The van der Waals surface area contributed by atoms with Crippen molar-refractivity contribution in [2.45, 2.75) is 58.2 Å². The number of methoxy groups -OCH3 is 1. The number of benzene rings is 1. The van der Waals surface area contributed by atoms with E-state index in [4.69, 9.17) is 23.1 Å². The molecule has 0 saturated carbocycles. The Labute approximate surface area is 196 Å². The van der Waals surface area contributed by atoms with E-state index in [1.807, 2.05) is 6.92 Å². The van der Waals surface area contributed by atoms with E-state index in [0.29, 0.717) is 46.8 Å². The van der Waals surface area contributed by atoms with E-state index in [1.165, 1.54) is 6.07 Å². The first-order chi connectivity index (χ1) is 17.1. The van der Waals surface area contributed by atoms with Crippen molar-refractivity contribution < 1.29 is 22.5 Å². The predicted octanol–water partition coefficient (Wildman–Crippen LogP) is 3.79. The van der Waals surface area contributed by atoms with Gasteiger partial charge in [0.15, 0.2) is 11.6 Å². The van der Waals surface area contributed by atoms with E-state index in [1.54, 1.807) is 6.92 Å². The summed E-state index contributed by atoms with van der Waals surface area (Å²) in [6, 6.07) is 3.41. The Balaban J connectivity index is 1.56. The zero-order valence-corrected chi connectivity index (χ0v) is 19.0. The average molecular weight is 459 g/mol. The Bertz CT molecular complexity index is 1260. The average Bonchev–Trinajstić information content (AvgIpc) is 3.45. The molecular weight excluding hydrogens is 425 g/mol. The number of hydrogen-bond acceptors (Lipinski definition) is 8. The molecule has 9 heteroatoms. The molecule has 176 valence electrons. The molecule has 3 aromatic rings. The van der Waals surface area contributed by atoms with Crippen LogP contribution in [0.25, 0.3) is 22.4 Å². The fourth-order valence-corrected chi connectivity index (χ4v) is 5.00. The number of aryl methyl sites for hydroxylation is 2. The molecule has 0 aliphatic carbocycles. The van der Waals surface area contributed by atoms with Gasteiger partial charge >= 0.3 is 0 Å². The fourth-order valence-electron chi connectivity index (χ4n) is 5.00. The fraction of sp³-hybridized carbons (Fsp3) is 0.542. The number of pyridine rings is 1. The summed E-state index contributed by atoms with van der Waals surface area (Å²) < 4.78 is 53.4. The minimum atomic E-state index is -2.70. The number of nitrogens with zero attached hydrogens (tertiary/aromatic N) is 4. The number of aromatic nitrogens is 3. The number of halogens is 1. The van der Waals surface area contributed by atoms with Crippen LogP contribution in [0.5, 0.6) is 5.75 Å². The van der Waals surface area contributed by atoms with Gasteiger partial charge in [-0.05, 0) is 51.7 Å². The van der Waals surface area contributed by atoms with E-state index in [9.17, 15) is 0 Å². The van der Waals surface area contributed by atoms with Gasteiger partial charge in [-0.25, -0.2) is 9.37 Å². The maximum Gasteiger partial charge on any atom is 0.261 e. The highest BCUT2D eigenvalue weighted by Crippen LogP contribution is 2.40. The van der Waals surface area contributed by atoms with Gasteiger partial charge in [-0.2, -0.15) is 4.98 Å². The van der Waals surface area contributed by atoms with Crippen LogP contribution in [0.4, 0.5) is 10.2 Å². The lowest BCUT2D eigenvalue weighted by molar-refractivity contribution is 0.185. The zero-order chi connectivity index (χ0) is 25.6. The van der Waals surface area contributed by atoms with Crippen LogP contribution in [-0.4, -0.2) is 60.0 Å². The van der Waals surface area contributed by atoms with Crippen molar-refractivity contribution in [1.29, 1.82) is 0 Å². The van der Waals surface area contributed by atoms with Crippen LogP contribution in [0.3, 0.4) is 0 Å². The summed E-state index contributed by atoms with van der Waals surface area (Å²) in [7, 11) is -2.70. The summed E-state index contributed by atoms with van der Waals surface area (Å²) in [6.45, 7) is 7.93. The van der Waals surface area contributed by atoms with Crippen molar-refractivity contribution in [3.05, 3.63) is 29.3 Å². The normalized spacial score (nSPS) is 25.2. The first-order valence-corrected chi connectivity index (χ1v) is 11.3. The third-order valence-electron chi connectivity index (χ3n) is 6.67. The smallest absolute Gasteiger partial charge is 0.261 e. The van der Waals surface area contributed by atoms with E-state index >= 15 is 4.39 Å². The Kier molecular flexibility index (Phi) is 5.01. The van der Waals surface area contributed by atoms with Gasteiger partial charge < -0.3 is 24.2 Å². The molecule has 33 heavy (non-hydrogen) atoms. The van der Waals surface area contributed by atoms with Gasteiger partial charge in [0.05, 0.1) is 23.3 Å². The van der Waals surface area contributed by atoms with Crippen molar-refractivity contribution in [3.63, 3.8) is 0 Å². The number of nitrogens with one attached hydrogen (secondary N) is 1. The molecular formula is C24H30FN5O3. The van der Waals surface area contributed by atoms with E-state index in [0.717, 1.165) is 38.5 Å². The van der Waals surface area contributed by atoms with Gasteiger partial charge in [-0.3, -0.25) is 0 Å². The van der Waals surface area contributed by atoms with Crippen molar-refractivity contribution in [1.82, 2.24) is 20.4 Å². The third kappa shape index (κ3) is 4.15. The Morgan fingerprint density at radius 2 is 2.12 bits per heavy atom. The van der Waals surface area contributed by atoms with E-state index in [2.05, 4.69) is 27.3 Å². The van der Waals surface area contributed by atoms with Gasteiger partial charge in [-0.1, -0.05) is 5.16 Å². The highest BCUT2D eigenvalue weighted by atomic mass is 19.1. The summed E-state index contributed by atoms with van der Waals surface area (Å²) in [5.74, 6) is 0.571. The van der Waals surface area contributed by atoms with Gasteiger partial charge in [0.25, 0.3) is 5.89 Å². The second-order valence-electron chi connectivity index (χ2n) is 8.98. The molecule has 3 atom stereocenters. The van der Waals surface area contributed by atoms with Crippen LogP contribution in [-0.2, 0) is 4.74 Å². The summed E-state index contributed by atoms with van der Waals surface area (Å²) in [5.41, 5.74) is 1.40. The standard InChI is InChI=1S/C24H30FN5O3/c1-13-9-16(27-17-6-8-32-12-17)5-7-30(13)23-21(24-26-15(3)29-33-24)14(2)19-10-18(31-4)11-20(25)22(19)28-23/h10-11,13,16-17,27H,5-9,12H2,1-4H3/t13-,16-,17+/m1/s1/i4D3. The maximum absolute atomic E-state index is 15.3. The van der Waals surface area contributed by atoms with Gasteiger partial charge in [0.1, 0.15) is 17.1 Å². The molecule has 0 unspecified atom stereocenters. The minimum absolute atomic E-state index is 0.0959. The molecule has 0 radical (unpaired) electrons. The van der Waals surface area contributed by atoms with Crippen LogP contribution >= 0.6 is 0 Å². The van der Waals surface area contributed by atoms with Crippen LogP contribution in [0.2, 0.25) is 0 Å². The quantitative estimate of drug-likeness (QED) is 0.618. The second kappa shape index (κ2) is 8.87. The molecule has 0 bridgehead atoms. The lowest BCUT2D eigenvalue weighted by Crippen LogP contribution is -2.50. The summed E-state index contributed by atoms with van der Waals surface area (Å²) >= 11 is 0. The molecule has 5 rings (SSSR count). The zero-order valence-electron chi connectivity index (χ0n) is 22.0. The van der Waals surface area contributed by atoms with Crippen molar-refractivity contribution in [3.8, 4) is 17.2 Å².